The molecule has 0 spiro atoms. The molecule has 0 radical (unpaired) electrons. The van der Waals surface area contributed by atoms with Crippen LogP contribution >= 0.6 is 0 Å². The molecular formula is C17H16O2. The molecule has 2 heteroatoms. The van der Waals surface area contributed by atoms with Gasteiger partial charge in [0.1, 0.15) is 5.75 Å². The van der Waals surface area contributed by atoms with Gasteiger partial charge < -0.3 is 4.74 Å². The summed E-state index contributed by atoms with van der Waals surface area (Å²) >= 11 is 0. The van der Waals surface area contributed by atoms with E-state index in [0.717, 1.165) is 11.1 Å². The van der Waals surface area contributed by atoms with Crippen molar-refractivity contribution in [2.24, 2.45) is 0 Å². The molecule has 0 aliphatic carbocycles. The van der Waals surface area contributed by atoms with Gasteiger partial charge in [0, 0.05) is 6.08 Å². The van der Waals surface area contributed by atoms with Crippen LogP contribution in [0.4, 0.5) is 0 Å². The summed E-state index contributed by atoms with van der Waals surface area (Å²) in [6.07, 6.45) is 3.18. The van der Waals surface area contributed by atoms with Crippen LogP contribution in [-0.4, -0.2) is 5.97 Å². The summed E-state index contributed by atoms with van der Waals surface area (Å²) in [5.74, 6) is 0.189. The average molecular weight is 252 g/mol. The van der Waals surface area contributed by atoms with Gasteiger partial charge in [-0.3, -0.25) is 0 Å². The Morgan fingerprint density at radius 3 is 2.00 bits per heavy atom. The SMILES string of the molecule is Cc1ccc(C=CC(=O)Oc2ccc(C)cc2)cc1. The molecule has 0 atom stereocenters. The van der Waals surface area contributed by atoms with Gasteiger partial charge in [-0.15, -0.1) is 0 Å². The monoisotopic (exact) mass is 252 g/mol. The third-order valence-corrected chi connectivity index (χ3v) is 2.73. The molecule has 2 rings (SSSR count). The van der Waals surface area contributed by atoms with Crippen molar-refractivity contribution in [2.75, 3.05) is 0 Å². The molecule has 0 bridgehead atoms. The third kappa shape index (κ3) is 4.11. The van der Waals surface area contributed by atoms with Crippen molar-refractivity contribution in [3.63, 3.8) is 0 Å². The topological polar surface area (TPSA) is 26.3 Å². The summed E-state index contributed by atoms with van der Waals surface area (Å²) in [6.45, 7) is 4.02. The van der Waals surface area contributed by atoms with Gasteiger partial charge in [-0.1, -0.05) is 47.5 Å². The van der Waals surface area contributed by atoms with E-state index in [1.807, 2.05) is 50.2 Å². The van der Waals surface area contributed by atoms with Crippen molar-refractivity contribution in [1.29, 1.82) is 0 Å². The van der Waals surface area contributed by atoms with Crippen LogP contribution in [-0.2, 0) is 4.79 Å². The number of ether oxygens (including phenoxy) is 1. The van der Waals surface area contributed by atoms with Crippen molar-refractivity contribution in [3.8, 4) is 5.75 Å². The number of hydrogen-bond acceptors (Lipinski definition) is 2. The molecule has 2 nitrogen and oxygen atoms in total. The van der Waals surface area contributed by atoms with E-state index in [1.54, 1.807) is 18.2 Å². The van der Waals surface area contributed by atoms with E-state index in [0.29, 0.717) is 5.75 Å². The van der Waals surface area contributed by atoms with Crippen molar-refractivity contribution < 1.29 is 9.53 Å². The molecule has 0 aliphatic heterocycles. The van der Waals surface area contributed by atoms with E-state index in [-0.39, 0.29) is 5.97 Å². The highest BCUT2D eigenvalue weighted by atomic mass is 16.5. The van der Waals surface area contributed by atoms with E-state index in [2.05, 4.69) is 0 Å². The van der Waals surface area contributed by atoms with Crippen molar-refractivity contribution in [3.05, 3.63) is 71.3 Å². The fourth-order valence-corrected chi connectivity index (χ4v) is 1.60. The maximum Gasteiger partial charge on any atom is 0.336 e. The maximum absolute atomic E-state index is 11.6. The van der Waals surface area contributed by atoms with Crippen LogP contribution in [0.15, 0.2) is 54.6 Å². The molecule has 0 amide bonds. The highest BCUT2D eigenvalue weighted by Crippen LogP contribution is 2.12. The van der Waals surface area contributed by atoms with Crippen LogP contribution in [0.3, 0.4) is 0 Å². The molecule has 0 unspecified atom stereocenters. The van der Waals surface area contributed by atoms with Gasteiger partial charge in [-0.25, -0.2) is 4.79 Å². The van der Waals surface area contributed by atoms with Gasteiger partial charge in [-0.2, -0.15) is 0 Å². The van der Waals surface area contributed by atoms with Crippen molar-refractivity contribution in [1.82, 2.24) is 0 Å². The Kier molecular flexibility index (Phi) is 4.14. The van der Waals surface area contributed by atoms with Crippen LogP contribution in [0.25, 0.3) is 6.08 Å². The van der Waals surface area contributed by atoms with E-state index < -0.39 is 0 Å². The summed E-state index contributed by atoms with van der Waals surface area (Å²) in [6, 6.07) is 15.3. The van der Waals surface area contributed by atoms with E-state index >= 15 is 0 Å². The second-order valence-electron chi connectivity index (χ2n) is 4.48. The first-order valence-corrected chi connectivity index (χ1v) is 6.17. The molecule has 2 aromatic carbocycles. The van der Waals surface area contributed by atoms with Crippen LogP contribution in [0.1, 0.15) is 16.7 Å². The Labute approximate surface area is 113 Å². The van der Waals surface area contributed by atoms with Crippen molar-refractivity contribution >= 4 is 12.0 Å². The number of hydrogen-bond donors (Lipinski definition) is 0. The minimum atomic E-state index is -0.371. The highest BCUT2D eigenvalue weighted by molar-refractivity contribution is 5.88. The lowest BCUT2D eigenvalue weighted by Crippen LogP contribution is -2.03. The molecular weight excluding hydrogens is 236 g/mol. The Morgan fingerprint density at radius 2 is 1.42 bits per heavy atom. The normalized spacial score (nSPS) is 10.6. The van der Waals surface area contributed by atoms with Crippen LogP contribution < -0.4 is 4.74 Å². The van der Waals surface area contributed by atoms with Gasteiger partial charge in [-0.05, 0) is 37.6 Å². The lowest BCUT2D eigenvalue weighted by atomic mass is 10.1. The zero-order valence-corrected chi connectivity index (χ0v) is 11.1. The minimum Gasteiger partial charge on any atom is -0.423 e. The first-order valence-electron chi connectivity index (χ1n) is 6.17. The summed E-state index contributed by atoms with van der Waals surface area (Å²) in [5, 5.41) is 0. The average Bonchev–Trinajstić information content (AvgIpc) is 2.41. The fourth-order valence-electron chi connectivity index (χ4n) is 1.60. The van der Waals surface area contributed by atoms with Gasteiger partial charge >= 0.3 is 5.97 Å². The van der Waals surface area contributed by atoms with E-state index in [4.69, 9.17) is 4.74 Å². The summed E-state index contributed by atoms with van der Waals surface area (Å²) in [4.78, 5) is 11.6. The van der Waals surface area contributed by atoms with E-state index in [1.165, 1.54) is 11.6 Å². The predicted octanol–water partition coefficient (Wildman–Crippen LogP) is 3.92. The number of carbonyl (C=O) groups excluding carboxylic acids is 1. The quantitative estimate of drug-likeness (QED) is 0.470. The van der Waals surface area contributed by atoms with Gasteiger partial charge in [0.2, 0.25) is 0 Å². The summed E-state index contributed by atoms with van der Waals surface area (Å²) < 4.78 is 5.19. The third-order valence-electron chi connectivity index (χ3n) is 2.73. The molecule has 0 heterocycles. The molecule has 0 saturated heterocycles. The number of benzene rings is 2. The molecule has 0 aromatic heterocycles. The maximum atomic E-state index is 11.6. The Hall–Kier alpha value is -2.35. The number of carbonyl (C=O) groups is 1. The van der Waals surface area contributed by atoms with Crippen LogP contribution in [0.2, 0.25) is 0 Å². The molecule has 0 saturated carbocycles. The lowest BCUT2D eigenvalue weighted by molar-refractivity contribution is -0.128. The Balaban J connectivity index is 1.97. The fraction of sp³-hybridized carbons (Fsp3) is 0.118. The minimum absolute atomic E-state index is 0.371. The summed E-state index contributed by atoms with van der Waals surface area (Å²) in [7, 11) is 0. The van der Waals surface area contributed by atoms with Crippen LogP contribution in [0, 0.1) is 13.8 Å². The van der Waals surface area contributed by atoms with Gasteiger partial charge in [0.15, 0.2) is 0 Å². The van der Waals surface area contributed by atoms with Crippen LogP contribution in [0.5, 0.6) is 5.75 Å². The van der Waals surface area contributed by atoms with Gasteiger partial charge in [0.05, 0.1) is 0 Å². The number of rotatable bonds is 3. The lowest BCUT2D eigenvalue weighted by Gasteiger charge is -2.01. The second kappa shape index (κ2) is 6.01. The Morgan fingerprint density at radius 1 is 0.895 bits per heavy atom. The summed E-state index contributed by atoms with van der Waals surface area (Å²) in [5.41, 5.74) is 3.31. The molecule has 0 fully saturated rings. The highest BCUT2D eigenvalue weighted by Gasteiger charge is 1.99. The first kappa shape index (κ1) is 13.1. The van der Waals surface area contributed by atoms with E-state index in [9.17, 15) is 4.79 Å². The van der Waals surface area contributed by atoms with Gasteiger partial charge in [0.25, 0.3) is 0 Å². The smallest absolute Gasteiger partial charge is 0.336 e. The standard InChI is InChI=1S/C17H16O2/c1-13-3-7-15(8-4-13)9-12-17(18)19-16-10-5-14(2)6-11-16/h3-12H,1-2H3. The molecule has 96 valence electrons. The zero-order valence-electron chi connectivity index (χ0n) is 11.1. The number of aryl methyl sites for hydroxylation is 2. The first-order chi connectivity index (χ1) is 9.13. The molecule has 2 aromatic rings. The van der Waals surface area contributed by atoms with Crippen molar-refractivity contribution in [2.45, 2.75) is 13.8 Å². The zero-order chi connectivity index (χ0) is 13.7. The second-order valence-corrected chi connectivity index (χ2v) is 4.48. The largest absolute Gasteiger partial charge is 0.423 e. The molecule has 19 heavy (non-hydrogen) atoms. The predicted molar refractivity (Wildman–Crippen MR) is 77.0 cm³/mol. The molecule has 0 aliphatic rings. The Bertz CT molecular complexity index is 578. The molecule has 0 N–H and O–H groups in total. The number of esters is 1.